The predicted molar refractivity (Wildman–Crippen MR) is 137 cm³/mol. The van der Waals surface area contributed by atoms with E-state index in [2.05, 4.69) is 41.9 Å². The maximum absolute atomic E-state index is 13.6. The molecule has 0 atom stereocenters. The molecule has 0 radical (unpaired) electrons. The number of nitrogens with zero attached hydrogens (tertiary/aromatic N) is 2. The summed E-state index contributed by atoms with van der Waals surface area (Å²) in [6.45, 7) is 4.95. The number of hydrogen-bond donors (Lipinski definition) is 8. The van der Waals surface area contributed by atoms with Crippen LogP contribution in [-0.4, -0.2) is 86.1 Å². The predicted octanol–water partition coefficient (Wildman–Crippen LogP) is -0.205. The number of guanidine groups is 2. The molecule has 2 heterocycles. The van der Waals surface area contributed by atoms with Crippen LogP contribution in [-0.2, 0) is 0 Å². The number of carbonyl (C=O) groups excluding carboxylic acids is 2. The van der Waals surface area contributed by atoms with Crippen molar-refractivity contribution in [2.75, 3.05) is 63.0 Å². The molecule has 12 heteroatoms. The van der Waals surface area contributed by atoms with Gasteiger partial charge in [0.15, 0.2) is 11.9 Å². The summed E-state index contributed by atoms with van der Waals surface area (Å²) < 4.78 is 0. The molecule has 0 saturated heterocycles. The average Bonchev–Trinajstić information content (AvgIpc) is 3.59. The Morgan fingerprint density at radius 3 is 1.44 bits per heavy atom. The van der Waals surface area contributed by atoms with E-state index in [0.29, 0.717) is 37.6 Å². The molecule has 2 aromatic rings. The van der Waals surface area contributed by atoms with Crippen molar-refractivity contribution in [3.8, 4) is 11.5 Å². The van der Waals surface area contributed by atoms with Crippen molar-refractivity contribution in [2.24, 2.45) is 9.98 Å². The molecular weight excluding hydrogens is 464 g/mol. The summed E-state index contributed by atoms with van der Waals surface area (Å²) in [6.07, 6.45) is 0. The van der Waals surface area contributed by atoms with Crippen LogP contribution in [0.4, 0.5) is 11.4 Å². The first kappa shape index (κ1) is 23.3. The molecular formula is C24H28N8O4. The molecule has 12 nitrogen and oxygen atoms in total. The largest absolute Gasteiger partial charge is 0.507 e. The van der Waals surface area contributed by atoms with Gasteiger partial charge < -0.3 is 42.1 Å². The van der Waals surface area contributed by atoms with Crippen LogP contribution in [0.2, 0.25) is 0 Å². The quantitative estimate of drug-likeness (QED) is 0.155. The summed E-state index contributed by atoms with van der Waals surface area (Å²) in [7, 11) is 0. The zero-order valence-electron chi connectivity index (χ0n) is 19.6. The number of phenolic OH excluding ortho intramolecular Hbond substituents is 2. The van der Waals surface area contributed by atoms with Crippen LogP contribution >= 0.6 is 0 Å². The maximum Gasteiger partial charge on any atom is 0.200 e. The van der Waals surface area contributed by atoms with E-state index in [1.54, 1.807) is 12.1 Å². The highest BCUT2D eigenvalue weighted by Gasteiger charge is 2.37. The Kier molecular flexibility index (Phi) is 6.48. The van der Waals surface area contributed by atoms with Crippen LogP contribution in [0.25, 0.3) is 0 Å². The normalized spacial score (nSPS) is 15.8. The first-order valence-electron chi connectivity index (χ1n) is 11.9. The van der Waals surface area contributed by atoms with Gasteiger partial charge in [0.2, 0.25) is 11.6 Å². The van der Waals surface area contributed by atoms with Crippen molar-refractivity contribution in [2.45, 2.75) is 0 Å². The lowest BCUT2D eigenvalue weighted by atomic mass is 9.81. The lowest BCUT2D eigenvalue weighted by molar-refractivity contribution is 0.0975. The molecule has 0 unspecified atom stereocenters. The highest BCUT2D eigenvalue weighted by molar-refractivity contribution is 6.33. The van der Waals surface area contributed by atoms with Crippen LogP contribution in [0.15, 0.2) is 34.3 Å². The van der Waals surface area contributed by atoms with Gasteiger partial charge in [-0.25, -0.2) is 0 Å². The first-order valence-corrected chi connectivity index (χ1v) is 11.9. The van der Waals surface area contributed by atoms with E-state index >= 15 is 0 Å². The standard InChI is InChI=1S/C24H28N8O4/c33-15-3-1-13(25-5-7-27-23-29-9-10-30-23)17-19(15)22(36)18-14(2-4-16(34)20(18)21(17)35)26-6-8-28-24-31-11-12-32-24/h1-4,25-26,33-34H,5-12H2,(H2,27,29,30)(H2,28,31,32). The van der Waals surface area contributed by atoms with Crippen LogP contribution in [0.1, 0.15) is 31.8 Å². The van der Waals surface area contributed by atoms with Crippen LogP contribution in [0.3, 0.4) is 0 Å². The molecule has 188 valence electrons. The molecule has 0 aromatic heterocycles. The van der Waals surface area contributed by atoms with E-state index in [4.69, 9.17) is 0 Å². The molecule has 0 bridgehead atoms. The summed E-state index contributed by atoms with van der Waals surface area (Å²) in [5.41, 5.74) is 0.738. The molecule has 0 spiro atoms. The Hall–Kier alpha value is -4.48. The van der Waals surface area contributed by atoms with Crippen LogP contribution in [0, 0.1) is 0 Å². The van der Waals surface area contributed by atoms with Crippen molar-refractivity contribution in [3.05, 3.63) is 46.5 Å². The summed E-state index contributed by atoms with van der Waals surface area (Å²) in [5.74, 6) is -0.199. The molecule has 1 aliphatic carbocycles. The van der Waals surface area contributed by atoms with E-state index in [1.165, 1.54) is 12.1 Å². The molecule has 5 rings (SSSR count). The monoisotopic (exact) mass is 492 g/mol. The minimum Gasteiger partial charge on any atom is -0.507 e. The summed E-state index contributed by atoms with van der Waals surface area (Å²) >= 11 is 0. The van der Waals surface area contributed by atoms with E-state index in [0.717, 1.165) is 38.1 Å². The Bertz CT molecular complexity index is 1180. The Labute approximate surface area is 207 Å². The summed E-state index contributed by atoms with van der Waals surface area (Å²) in [4.78, 5) is 35.7. The minimum absolute atomic E-state index is 0.0447. The number of phenols is 2. The van der Waals surface area contributed by atoms with Crippen LogP contribution < -0.4 is 31.9 Å². The van der Waals surface area contributed by atoms with Gasteiger partial charge in [0.05, 0.1) is 35.3 Å². The first-order chi connectivity index (χ1) is 17.5. The number of aliphatic imine (C=N–C) groups is 2. The van der Waals surface area contributed by atoms with E-state index in [9.17, 15) is 19.8 Å². The maximum atomic E-state index is 13.6. The number of ketones is 2. The van der Waals surface area contributed by atoms with E-state index in [-0.39, 0.29) is 33.8 Å². The highest BCUT2D eigenvalue weighted by atomic mass is 16.3. The fourth-order valence-corrected chi connectivity index (χ4v) is 4.45. The highest BCUT2D eigenvalue weighted by Crippen LogP contribution is 2.42. The number of nitrogens with one attached hydrogen (secondary N) is 6. The second-order valence-electron chi connectivity index (χ2n) is 8.44. The van der Waals surface area contributed by atoms with Crippen molar-refractivity contribution >= 4 is 34.9 Å². The molecule has 2 aromatic carbocycles. The second-order valence-corrected chi connectivity index (χ2v) is 8.44. The van der Waals surface area contributed by atoms with Crippen molar-refractivity contribution in [1.29, 1.82) is 0 Å². The van der Waals surface area contributed by atoms with E-state index < -0.39 is 11.6 Å². The topological polar surface area (TPSA) is 171 Å². The number of benzene rings is 2. The Balaban J connectivity index is 1.36. The van der Waals surface area contributed by atoms with Gasteiger partial charge in [-0.2, -0.15) is 0 Å². The molecule has 0 saturated carbocycles. The SMILES string of the molecule is O=C1c2c(O)ccc(NCCNC3=NCCN3)c2C(=O)c2c(O)ccc(NCCNC3=NCCN3)c21. The fourth-order valence-electron chi connectivity index (χ4n) is 4.45. The minimum atomic E-state index is -0.531. The number of aromatic hydroxyl groups is 2. The molecule has 36 heavy (non-hydrogen) atoms. The van der Waals surface area contributed by atoms with Gasteiger partial charge in [-0.3, -0.25) is 19.6 Å². The van der Waals surface area contributed by atoms with Gasteiger partial charge in [-0.1, -0.05) is 0 Å². The van der Waals surface area contributed by atoms with Gasteiger partial charge in [-0.15, -0.1) is 0 Å². The third kappa shape index (κ3) is 4.44. The average molecular weight is 493 g/mol. The molecule has 0 amide bonds. The lowest BCUT2D eigenvalue weighted by Crippen LogP contribution is -2.36. The second kappa shape index (κ2) is 10.0. The van der Waals surface area contributed by atoms with Crippen molar-refractivity contribution < 1.29 is 19.8 Å². The number of fused-ring (bicyclic) bond motifs is 2. The zero-order valence-corrected chi connectivity index (χ0v) is 19.6. The number of rotatable bonds is 8. The lowest BCUT2D eigenvalue weighted by Gasteiger charge is -2.24. The van der Waals surface area contributed by atoms with Crippen molar-refractivity contribution in [1.82, 2.24) is 21.3 Å². The molecule has 8 N–H and O–H groups in total. The number of anilines is 2. The Morgan fingerprint density at radius 2 is 1.06 bits per heavy atom. The van der Waals surface area contributed by atoms with Gasteiger partial charge in [-0.05, 0) is 24.3 Å². The summed E-state index contributed by atoms with van der Waals surface area (Å²) in [5, 5.41) is 39.9. The van der Waals surface area contributed by atoms with E-state index in [1.807, 2.05) is 0 Å². The van der Waals surface area contributed by atoms with Crippen LogP contribution in [0.5, 0.6) is 11.5 Å². The smallest absolute Gasteiger partial charge is 0.200 e. The van der Waals surface area contributed by atoms with Gasteiger partial charge in [0, 0.05) is 50.6 Å². The zero-order chi connectivity index (χ0) is 25.1. The number of hydrogen-bond acceptors (Lipinski definition) is 12. The number of carbonyl (C=O) groups is 2. The molecule has 0 fully saturated rings. The third-order valence-corrected chi connectivity index (χ3v) is 6.09. The van der Waals surface area contributed by atoms with Gasteiger partial charge in [0.1, 0.15) is 11.5 Å². The summed E-state index contributed by atoms with van der Waals surface area (Å²) in [6, 6.07) is 5.89. The fraction of sp³-hybridized carbons (Fsp3) is 0.333. The van der Waals surface area contributed by atoms with Crippen molar-refractivity contribution in [3.63, 3.8) is 0 Å². The molecule has 3 aliphatic rings. The van der Waals surface area contributed by atoms with Gasteiger partial charge in [0.25, 0.3) is 0 Å². The molecule has 2 aliphatic heterocycles. The Morgan fingerprint density at radius 1 is 0.639 bits per heavy atom. The van der Waals surface area contributed by atoms with Gasteiger partial charge >= 0.3 is 0 Å². The third-order valence-electron chi connectivity index (χ3n) is 6.09.